The molecule has 3 amide bonds. The van der Waals surface area contributed by atoms with Crippen LogP contribution < -0.4 is 5.32 Å². The highest BCUT2D eigenvalue weighted by atomic mass is 35.5. The number of carbonyl (C=O) groups excluding carboxylic acids is 2. The first-order chi connectivity index (χ1) is 11.5. The van der Waals surface area contributed by atoms with Gasteiger partial charge in [-0.15, -0.1) is 0 Å². The molecule has 0 saturated carbocycles. The summed E-state index contributed by atoms with van der Waals surface area (Å²) >= 11 is 5.96. The largest absolute Gasteiger partial charge is 0.325 e. The van der Waals surface area contributed by atoms with Gasteiger partial charge in [0.05, 0.1) is 6.54 Å². The van der Waals surface area contributed by atoms with Crippen molar-refractivity contribution >= 4 is 23.5 Å². The minimum atomic E-state index is -1.16. The molecule has 1 N–H and O–H groups in total. The maximum absolute atomic E-state index is 13.2. The van der Waals surface area contributed by atoms with Gasteiger partial charge in [-0.1, -0.05) is 42.8 Å². The summed E-state index contributed by atoms with van der Waals surface area (Å²) in [6.45, 7) is 1.94. The highest BCUT2D eigenvalue weighted by molar-refractivity contribution is 6.30. The zero-order valence-corrected chi connectivity index (χ0v) is 13.8. The summed E-state index contributed by atoms with van der Waals surface area (Å²) in [6.07, 6.45) is 0.370. The van der Waals surface area contributed by atoms with Crippen molar-refractivity contribution in [3.63, 3.8) is 0 Å². The van der Waals surface area contributed by atoms with Crippen LogP contribution in [0, 0.1) is 5.82 Å². The lowest BCUT2D eigenvalue weighted by Crippen LogP contribution is -2.43. The lowest BCUT2D eigenvalue weighted by atomic mass is 9.87. The van der Waals surface area contributed by atoms with Gasteiger partial charge in [-0.2, -0.15) is 0 Å². The van der Waals surface area contributed by atoms with Gasteiger partial charge in [0, 0.05) is 5.02 Å². The average molecular weight is 347 g/mol. The van der Waals surface area contributed by atoms with Gasteiger partial charge in [0.2, 0.25) is 0 Å². The van der Waals surface area contributed by atoms with Crippen LogP contribution in [0.1, 0.15) is 24.5 Å². The molecule has 0 aromatic heterocycles. The summed E-state index contributed by atoms with van der Waals surface area (Å²) in [4.78, 5) is 26.5. The Bertz CT molecular complexity index is 794. The van der Waals surface area contributed by atoms with Gasteiger partial charge in [-0.05, 0) is 41.8 Å². The highest BCUT2D eigenvalue weighted by Crippen LogP contribution is 2.33. The van der Waals surface area contributed by atoms with E-state index in [2.05, 4.69) is 5.32 Å². The van der Waals surface area contributed by atoms with Crippen LogP contribution >= 0.6 is 11.6 Å². The smallest absolute Gasteiger partial charge is 0.319 e. The third-order valence-corrected chi connectivity index (χ3v) is 4.51. The van der Waals surface area contributed by atoms with Gasteiger partial charge in [0.15, 0.2) is 0 Å². The van der Waals surface area contributed by atoms with Crippen molar-refractivity contribution in [3.05, 3.63) is 70.5 Å². The molecule has 0 spiro atoms. The van der Waals surface area contributed by atoms with E-state index in [1.54, 1.807) is 24.3 Å². The molecule has 124 valence electrons. The van der Waals surface area contributed by atoms with Crippen LogP contribution in [0.4, 0.5) is 9.18 Å². The first-order valence-electron chi connectivity index (χ1n) is 7.61. The lowest BCUT2D eigenvalue weighted by Gasteiger charge is -2.25. The van der Waals surface area contributed by atoms with E-state index in [-0.39, 0.29) is 12.5 Å². The molecule has 2 aromatic rings. The summed E-state index contributed by atoms with van der Waals surface area (Å²) in [7, 11) is 0. The Morgan fingerprint density at radius 2 is 1.88 bits per heavy atom. The van der Waals surface area contributed by atoms with Gasteiger partial charge in [0.25, 0.3) is 5.91 Å². The fraction of sp³-hybridized carbons (Fsp3) is 0.222. The average Bonchev–Trinajstić information content (AvgIpc) is 2.81. The second-order valence-electron chi connectivity index (χ2n) is 5.72. The second kappa shape index (κ2) is 6.24. The Morgan fingerprint density at radius 3 is 2.50 bits per heavy atom. The van der Waals surface area contributed by atoms with Gasteiger partial charge in [-0.3, -0.25) is 9.69 Å². The van der Waals surface area contributed by atoms with E-state index in [0.29, 0.717) is 17.0 Å². The molecular weight excluding hydrogens is 331 g/mol. The van der Waals surface area contributed by atoms with Crippen LogP contribution in [0.25, 0.3) is 0 Å². The van der Waals surface area contributed by atoms with Crippen molar-refractivity contribution in [1.82, 2.24) is 10.2 Å². The van der Waals surface area contributed by atoms with E-state index in [1.165, 1.54) is 29.2 Å². The maximum Gasteiger partial charge on any atom is 0.325 e. The van der Waals surface area contributed by atoms with Gasteiger partial charge in [-0.25, -0.2) is 9.18 Å². The molecule has 0 radical (unpaired) electrons. The monoisotopic (exact) mass is 346 g/mol. The SMILES string of the molecule is CC[C@]1(c2ccc(F)cc2)NC(=O)N(Cc2cccc(Cl)c2)C1=O. The number of benzene rings is 2. The van der Waals surface area contributed by atoms with Crippen molar-refractivity contribution in [1.29, 1.82) is 0 Å². The van der Waals surface area contributed by atoms with Crippen molar-refractivity contribution in [3.8, 4) is 0 Å². The number of rotatable bonds is 4. The van der Waals surface area contributed by atoms with Crippen molar-refractivity contribution in [2.24, 2.45) is 0 Å². The molecule has 0 aliphatic carbocycles. The maximum atomic E-state index is 13.2. The standard InChI is InChI=1S/C18H16ClFN2O2/c1-2-18(13-6-8-15(20)9-7-13)16(23)22(17(24)21-18)11-12-4-3-5-14(19)10-12/h3-10H,2,11H2,1H3,(H,21,24)/t18-/m1/s1. The zero-order chi connectivity index (χ0) is 17.3. The molecule has 6 heteroatoms. The zero-order valence-electron chi connectivity index (χ0n) is 13.1. The molecule has 1 aliphatic rings. The Hall–Kier alpha value is -2.40. The molecule has 1 aliphatic heterocycles. The summed E-state index contributed by atoms with van der Waals surface area (Å²) in [6, 6.07) is 12.2. The van der Waals surface area contributed by atoms with Crippen LogP contribution in [0.2, 0.25) is 5.02 Å². The van der Waals surface area contributed by atoms with E-state index < -0.39 is 17.4 Å². The van der Waals surface area contributed by atoms with E-state index in [4.69, 9.17) is 11.6 Å². The number of halogens is 2. The molecule has 0 bridgehead atoms. The topological polar surface area (TPSA) is 49.4 Å². The number of hydrogen-bond acceptors (Lipinski definition) is 2. The fourth-order valence-electron chi connectivity index (χ4n) is 2.96. The van der Waals surface area contributed by atoms with E-state index in [9.17, 15) is 14.0 Å². The number of carbonyl (C=O) groups is 2. The molecule has 1 fully saturated rings. The van der Waals surface area contributed by atoms with Gasteiger partial charge >= 0.3 is 6.03 Å². The van der Waals surface area contributed by atoms with Crippen molar-refractivity contribution in [2.45, 2.75) is 25.4 Å². The predicted octanol–water partition coefficient (Wildman–Crippen LogP) is 3.84. The first kappa shape index (κ1) is 16.5. The molecule has 2 aromatic carbocycles. The van der Waals surface area contributed by atoms with Crippen LogP contribution in [0.5, 0.6) is 0 Å². The predicted molar refractivity (Wildman–Crippen MR) is 88.9 cm³/mol. The van der Waals surface area contributed by atoms with E-state index in [1.807, 2.05) is 6.92 Å². The number of nitrogens with zero attached hydrogens (tertiary/aromatic N) is 1. The number of imide groups is 1. The van der Waals surface area contributed by atoms with E-state index >= 15 is 0 Å². The summed E-state index contributed by atoms with van der Waals surface area (Å²) in [5, 5.41) is 3.31. The molecule has 1 saturated heterocycles. The lowest BCUT2D eigenvalue weighted by molar-refractivity contribution is -0.132. The normalized spacial score (nSPS) is 20.4. The summed E-state index contributed by atoms with van der Waals surface area (Å²) < 4.78 is 13.2. The number of nitrogens with one attached hydrogen (secondary N) is 1. The molecule has 1 atom stereocenters. The van der Waals surface area contributed by atoms with Gasteiger partial charge < -0.3 is 5.32 Å². The third kappa shape index (κ3) is 2.76. The van der Waals surface area contributed by atoms with Crippen molar-refractivity contribution < 1.29 is 14.0 Å². The number of hydrogen-bond donors (Lipinski definition) is 1. The highest BCUT2D eigenvalue weighted by Gasteiger charge is 2.51. The first-order valence-corrected chi connectivity index (χ1v) is 7.98. The Labute approximate surface area is 144 Å². The van der Waals surface area contributed by atoms with Crippen LogP contribution in [-0.4, -0.2) is 16.8 Å². The number of amides is 3. The fourth-order valence-corrected chi connectivity index (χ4v) is 3.17. The van der Waals surface area contributed by atoms with Crippen molar-refractivity contribution in [2.75, 3.05) is 0 Å². The van der Waals surface area contributed by atoms with Crippen LogP contribution in [0.15, 0.2) is 48.5 Å². The Morgan fingerprint density at radius 1 is 1.17 bits per heavy atom. The quantitative estimate of drug-likeness (QED) is 0.855. The molecule has 0 unspecified atom stereocenters. The summed E-state index contributed by atoms with van der Waals surface area (Å²) in [5.74, 6) is -0.737. The Balaban J connectivity index is 1.93. The van der Waals surface area contributed by atoms with Gasteiger partial charge in [0.1, 0.15) is 11.4 Å². The summed E-state index contributed by atoms with van der Waals surface area (Å²) in [5.41, 5.74) is 0.166. The molecule has 24 heavy (non-hydrogen) atoms. The minimum Gasteiger partial charge on any atom is -0.319 e. The third-order valence-electron chi connectivity index (χ3n) is 4.27. The molecule has 4 nitrogen and oxygen atoms in total. The molecular formula is C18H16ClFN2O2. The van der Waals surface area contributed by atoms with Crippen LogP contribution in [-0.2, 0) is 16.9 Å². The molecule has 1 heterocycles. The second-order valence-corrected chi connectivity index (χ2v) is 6.15. The Kier molecular flexibility index (Phi) is 4.28. The molecule has 3 rings (SSSR count). The van der Waals surface area contributed by atoms with Crippen LogP contribution in [0.3, 0.4) is 0 Å². The number of urea groups is 1. The minimum absolute atomic E-state index is 0.133. The van der Waals surface area contributed by atoms with E-state index in [0.717, 1.165) is 5.56 Å².